The second kappa shape index (κ2) is 3.82. The minimum atomic E-state index is -1.000. The van der Waals surface area contributed by atoms with Crippen molar-refractivity contribution in [2.75, 3.05) is 0 Å². The van der Waals surface area contributed by atoms with Crippen LogP contribution in [-0.2, 0) is 0 Å². The van der Waals surface area contributed by atoms with E-state index in [-0.39, 0.29) is 5.56 Å². The molecule has 1 aromatic rings. The number of rotatable bonds is 1. The van der Waals surface area contributed by atoms with Gasteiger partial charge in [-0.3, -0.25) is 4.79 Å². The van der Waals surface area contributed by atoms with Crippen LogP contribution in [-0.4, -0.2) is 11.9 Å². The summed E-state index contributed by atoms with van der Waals surface area (Å²) < 4.78 is 25.4. The Balaban J connectivity index is 3.08. The number of halogens is 2. The fraction of sp³-hybridized carbons (Fsp3) is 0. The minimum absolute atomic E-state index is 0.375. The summed E-state index contributed by atoms with van der Waals surface area (Å²) in [4.78, 5) is 14.2. The van der Waals surface area contributed by atoms with Crippen LogP contribution in [0.2, 0.25) is 0 Å². The molecule has 6 heteroatoms. The van der Waals surface area contributed by atoms with Crippen molar-refractivity contribution in [3.63, 3.8) is 0 Å². The molecular weight excluding hydrogens is 192 g/mol. The van der Waals surface area contributed by atoms with Crippen LogP contribution in [0.1, 0.15) is 10.4 Å². The largest absolute Gasteiger partial charge is 0.370 e. The Morgan fingerprint density at radius 1 is 1.29 bits per heavy atom. The first-order valence-corrected chi connectivity index (χ1v) is 3.59. The topological polar surface area (TPSA) is 81.5 Å². The lowest BCUT2D eigenvalue weighted by Gasteiger charge is -1.97. The molecule has 1 amide bonds. The van der Waals surface area contributed by atoms with Gasteiger partial charge in [0.25, 0.3) is 5.91 Å². The average molecular weight is 199 g/mol. The SMILES string of the molecule is NC(N)=NC(=O)c1ccc(F)cc1F. The molecule has 0 aliphatic carbocycles. The van der Waals surface area contributed by atoms with Crippen molar-refractivity contribution in [2.24, 2.45) is 16.5 Å². The fourth-order valence-corrected chi connectivity index (χ4v) is 0.840. The van der Waals surface area contributed by atoms with E-state index in [1.165, 1.54) is 0 Å². The molecule has 1 rings (SSSR count). The summed E-state index contributed by atoms with van der Waals surface area (Å²) in [6.45, 7) is 0. The molecule has 0 fully saturated rings. The molecule has 4 nitrogen and oxygen atoms in total. The van der Waals surface area contributed by atoms with Crippen molar-refractivity contribution in [3.05, 3.63) is 35.4 Å². The van der Waals surface area contributed by atoms with Crippen LogP contribution < -0.4 is 11.5 Å². The van der Waals surface area contributed by atoms with Gasteiger partial charge < -0.3 is 11.5 Å². The summed E-state index contributed by atoms with van der Waals surface area (Å²) in [6.07, 6.45) is 0. The molecule has 0 radical (unpaired) electrons. The molecule has 4 N–H and O–H groups in total. The molecule has 0 unspecified atom stereocenters. The quantitative estimate of drug-likeness (QED) is 0.506. The fourth-order valence-electron chi connectivity index (χ4n) is 0.840. The van der Waals surface area contributed by atoms with E-state index >= 15 is 0 Å². The molecule has 0 atom stereocenters. The van der Waals surface area contributed by atoms with Gasteiger partial charge in [0.05, 0.1) is 5.56 Å². The minimum Gasteiger partial charge on any atom is -0.370 e. The highest BCUT2D eigenvalue weighted by Crippen LogP contribution is 2.10. The van der Waals surface area contributed by atoms with Gasteiger partial charge in [-0.25, -0.2) is 8.78 Å². The van der Waals surface area contributed by atoms with Crippen molar-refractivity contribution >= 4 is 11.9 Å². The number of benzene rings is 1. The molecule has 0 spiro atoms. The van der Waals surface area contributed by atoms with Gasteiger partial charge in [-0.2, -0.15) is 4.99 Å². The van der Waals surface area contributed by atoms with Crippen LogP contribution in [0.3, 0.4) is 0 Å². The zero-order valence-electron chi connectivity index (χ0n) is 7.00. The molecule has 0 aliphatic heterocycles. The van der Waals surface area contributed by atoms with E-state index < -0.39 is 23.5 Å². The summed E-state index contributed by atoms with van der Waals surface area (Å²) >= 11 is 0. The lowest BCUT2D eigenvalue weighted by molar-refractivity contribution is 0.0999. The maximum atomic E-state index is 12.9. The van der Waals surface area contributed by atoms with E-state index in [1.54, 1.807) is 0 Å². The second-order valence-electron chi connectivity index (χ2n) is 2.47. The van der Waals surface area contributed by atoms with Crippen molar-refractivity contribution in [2.45, 2.75) is 0 Å². The molecule has 0 aliphatic rings. The number of carbonyl (C=O) groups is 1. The summed E-state index contributed by atoms with van der Waals surface area (Å²) in [6, 6.07) is 2.49. The number of hydrogen-bond donors (Lipinski definition) is 2. The molecule has 0 bridgehead atoms. The van der Waals surface area contributed by atoms with E-state index in [9.17, 15) is 13.6 Å². The maximum absolute atomic E-state index is 12.9. The molecule has 0 heterocycles. The van der Waals surface area contributed by atoms with Gasteiger partial charge >= 0.3 is 0 Å². The third-order valence-corrected chi connectivity index (χ3v) is 1.39. The van der Waals surface area contributed by atoms with Crippen molar-refractivity contribution < 1.29 is 13.6 Å². The first-order valence-electron chi connectivity index (χ1n) is 3.59. The zero-order chi connectivity index (χ0) is 10.7. The monoisotopic (exact) mass is 199 g/mol. The highest BCUT2D eigenvalue weighted by molar-refractivity contribution is 6.01. The summed E-state index contributed by atoms with van der Waals surface area (Å²) in [7, 11) is 0. The Morgan fingerprint density at radius 3 is 2.43 bits per heavy atom. The number of guanidine groups is 1. The van der Waals surface area contributed by atoms with Crippen molar-refractivity contribution in [1.82, 2.24) is 0 Å². The smallest absolute Gasteiger partial charge is 0.283 e. The second-order valence-corrected chi connectivity index (χ2v) is 2.47. The van der Waals surface area contributed by atoms with Gasteiger partial charge in [-0.15, -0.1) is 0 Å². The van der Waals surface area contributed by atoms with E-state index in [2.05, 4.69) is 4.99 Å². The number of nitrogens with zero attached hydrogens (tertiary/aromatic N) is 1. The first kappa shape index (κ1) is 10.1. The molecule has 1 aromatic carbocycles. The van der Waals surface area contributed by atoms with Crippen molar-refractivity contribution in [1.29, 1.82) is 0 Å². The van der Waals surface area contributed by atoms with Crippen LogP contribution in [0.15, 0.2) is 23.2 Å². The zero-order valence-corrected chi connectivity index (χ0v) is 7.00. The number of carbonyl (C=O) groups excluding carboxylic acids is 1. The van der Waals surface area contributed by atoms with Gasteiger partial charge in [-0.1, -0.05) is 0 Å². The van der Waals surface area contributed by atoms with E-state index in [4.69, 9.17) is 11.5 Å². The molecule has 74 valence electrons. The average Bonchev–Trinajstić information content (AvgIpc) is 2.01. The summed E-state index contributed by atoms with van der Waals surface area (Å²) in [5.74, 6) is -3.19. The van der Waals surface area contributed by atoms with Crippen LogP contribution >= 0.6 is 0 Å². The lowest BCUT2D eigenvalue weighted by atomic mass is 10.2. The van der Waals surface area contributed by atoms with Gasteiger partial charge in [0.1, 0.15) is 11.6 Å². The summed E-state index contributed by atoms with van der Waals surface area (Å²) in [5, 5.41) is 0. The molecule has 14 heavy (non-hydrogen) atoms. The van der Waals surface area contributed by atoms with Crippen LogP contribution in [0.4, 0.5) is 8.78 Å². The standard InChI is InChI=1S/C8H7F2N3O/c9-4-1-2-5(6(10)3-4)7(14)13-8(11)12/h1-3H,(H4,11,12,13,14). The Kier molecular flexibility index (Phi) is 2.76. The van der Waals surface area contributed by atoms with Gasteiger partial charge in [0, 0.05) is 6.07 Å². The van der Waals surface area contributed by atoms with Crippen LogP contribution in [0, 0.1) is 11.6 Å². The Morgan fingerprint density at radius 2 is 1.93 bits per heavy atom. The van der Waals surface area contributed by atoms with Gasteiger partial charge in [0.15, 0.2) is 5.96 Å². The van der Waals surface area contributed by atoms with Crippen LogP contribution in [0.5, 0.6) is 0 Å². The predicted molar refractivity (Wildman–Crippen MR) is 46.5 cm³/mol. The number of aliphatic imine (C=N–C) groups is 1. The molecule has 0 saturated carbocycles. The normalized spacial score (nSPS) is 9.57. The number of hydrogen-bond acceptors (Lipinski definition) is 1. The third kappa shape index (κ3) is 2.25. The Bertz CT molecular complexity index is 400. The molecule has 0 aromatic heterocycles. The summed E-state index contributed by atoms with van der Waals surface area (Å²) in [5.41, 5.74) is 9.47. The highest BCUT2D eigenvalue weighted by atomic mass is 19.1. The van der Waals surface area contributed by atoms with E-state index in [0.717, 1.165) is 12.1 Å². The third-order valence-electron chi connectivity index (χ3n) is 1.39. The molecule has 0 saturated heterocycles. The van der Waals surface area contributed by atoms with Gasteiger partial charge in [-0.05, 0) is 12.1 Å². The Hall–Kier alpha value is -1.98. The predicted octanol–water partition coefficient (Wildman–Crippen LogP) is 0.378. The molecular formula is C8H7F2N3O. The van der Waals surface area contributed by atoms with E-state index in [0.29, 0.717) is 6.07 Å². The van der Waals surface area contributed by atoms with Crippen LogP contribution in [0.25, 0.3) is 0 Å². The van der Waals surface area contributed by atoms with Gasteiger partial charge in [0.2, 0.25) is 0 Å². The number of nitrogens with two attached hydrogens (primary N) is 2. The maximum Gasteiger partial charge on any atom is 0.283 e. The van der Waals surface area contributed by atoms with E-state index in [1.807, 2.05) is 0 Å². The number of amides is 1. The highest BCUT2D eigenvalue weighted by Gasteiger charge is 2.11. The Labute approximate surface area is 78.2 Å². The first-order chi connectivity index (χ1) is 6.50. The van der Waals surface area contributed by atoms with Crippen molar-refractivity contribution in [3.8, 4) is 0 Å². The lowest BCUT2D eigenvalue weighted by Crippen LogP contribution is -2.24.